The first-order valence-corrected chi connectivity index (χ1v) is 6.95. The first-order chi connectivity index (χ1) is 10.0. The number of aromatic amines is 1. The van der Waals surface area contributed by atoms with E-state index in [1.54, 1.807) is 11.9 Å². The topological polar surface area (TPSA) is 107 Å². The number of carbonyl (C=O) groups excluding carboxylic acids is 1. The zero-order valence-corrected chi connectivity index (χ0v) is 11.9. The molecule has 1 aromatic rings. The summed E-state index contributed by atoms with van der Waals surface area (Å²) in [5.74, 6) is -0.0286. The number of likely N-dealkylation sites (N-methyl/N-ethyl adjacent to an activating group) is 1. The van der Waals surface area contributed by atoms with Crippen molar-refractivity contribution < 1.29 is 9.90 Å². The van der Waals surface area contributed by atoms with Crippen LogP contribution in [0.25, 0.3) is 0 Å². The Balaban J connectivity index is 2.17. The molecule has 8 heteroatoms. The summed E-state index contributed by atoms with van der Waals surface area (Å²) in [5, 5.41) is 13.0. The Kier molecular flexibility index (Phi) is 4.92. The largest absolute Gasteiger partial charge is 0.391 e. The number of hydrogen-bond donors (Lipinski definition) is 3. The number of H-pyrrole nitrogens is 1. The quantitative estimate of drug-likeness (QED) is 0.615. The van der Waals surface area contributed by atoms with Crippen LogP contribution in [0.4, 0.5) is 0 Å². The summed E-state index contributed by atoms with van der Waals surface area (Å²) in [5.41, 5.74) is -1.01. The maximum absolute atomic E-state index is 11.9. The number of amides is 1. The summed E-state index contributed by atoms with van der Waals surface area (Å²) in [4.78, 5) is 38.7. The van der Waals surface area contributed by atoms with E-state index in [4.69, 9.17) is 0 Å². The zero-order valence-electron chi connectivity index (χ0n) is 11.9. The van der Waals surface area contributed by atoms with E-state index in [2.05, 4.69) is 10.3 Å². The molecule has 1 amide bonds. The molecule has 0 saturated carbocycles. The van der Waals surface area contributed by atoms with Crippen LogP contribution in [0, 0.1) is 0 Å². The van der Waals surface area contributed by atoms with Crippen LogP contribution < -0.4 is 16.6 Å². The minimum absolute atomic E-state index is 0.0286. The van der Waals surface area contributed by atoms with E-state index >= 15 is 0 Å². The molecule has 2 heterocycles. The molecule has 1 aliphatic rings. The van der Waals surface area contributed by atoms with Gasteiger partial charge in [-0.3, -0.25) is 19.1 Å². The summed E-state index contributed by atoms with van der Waals surface area (Å²) in [6, 6.07) is 0.810. The number of nitrogens with one attached hydrogen (secondary N) is 2. The number of hydrogen-bond acceptors (Lipinski definition) is 5. The third kappa shape index (κ3) is 3.59. The molecule has 0 spiro atoms. The van der Waals surface area contributed by atoms with Crippen molar-refractivity contribution in [2.24, 2.45) is 0 Å². The zero-order chi connectivity index (χ0) is 15.4. The molecule has 0 aromatic carbocycles. The lowest BCUT2D eigenvalue weighted by molar-refractivity contribution is -0.130. The third-order valence-corrected chi connectivity index (χ3v) is 3.72. The smallest absolute Gasteiger partial charge is 0.328 e. The molecule has 0 radical (unpaired) electrons. The van der Waals surface area contributed by atoms with Gasteiger partial charge < -0.3 is 15.3 Å². The average Bonchev–Trinajstić information content (AvgIpc) is 2.62. The van der Waals surface area contributed by atoms with Crippen LogP contribution in [0.5, 0.6) is 0 Å². The fourth-order valence-corrected chi connectivity index (χ4v) is 2.60. The molecular weight excluding hydrogens is 276 g/mol. The molecular formula is C13H20N4O4. The molecule has 2 atom stereocenters. The van der Waals surface area contributed by atoms with Gasteiger partial charge in [0.1, 0.15) is 0 Å². The number of nitrogens with zero attached hydrogens (tertiary/aromatic N) is 2. The molecule has 8 nitrogen and oxygen atoms in total. The van der Waals surface area contributed by atoms with Crippen molar-refractivity contribution in [3.63, 3.8) is 0 Å². The van der Waals surface area contributed by atoms with Gasteiger partial charge in [0.25, 0.3) is 5.56 Å². The standard InChI is InChI=1S/C13H20N4O4/c1-14-8-12(20)16-5-2-9(10(18)3-6-16)17-7-4-11(19)15-13(17)21/h4,7,9-10,14,18H,2-3,5-6,8H2,1H3,(H,15,19,21)/t9-,10-/m0/s1. The van der Waals surface area contributed by atoms with E-state index < -0.39 is 23.4 Å². The van der Waals surface area contributed by atoms with Gasteiger partial charge in [0, 0.05) is 25.4 Å². The minimum atomic E-state index is -0.735. The lowest BCUT2D eigenvalue weighted by Crippen LogP contribution is -2.38. The molecule has 116 valence electrons. The second-order valence-electron chi connectivity index (χ2n) is 5.14. The first-order valence-electron chi connectivity index (χ1n) is 6.95. The average molecular weight is 296 g/mol. The van der Waals surface area contributed by atoms with Gasteiger partial charge in [-0.15, -0.1) is 0 Å². The number of aliphatic hydroxyl groups is 1. The number of likely N-dealkylation sites (tertiary alicyclic amines) is 1. The van der Waals surface area contributed by atoms with Crippen LogP contribution in [-0.2, 0) is 4.79 Å². The Morgan fingerprint density at radius 2 is 2.14 bits per heavy atom. The summed E-state index contributed by atoms with van der Waals surface area (Å²) < 4.78 is 1.33. The van der Waals surface area contributed by atoms with Crippen molar-refractivity contribution in [2.75, 3.05) is 26.7 Å². The highest BCUT2D eigenvalue weighted by Gasteiger charge is 2.28. The van der Waals surface area contributed by atoms with Gasteiger partial charge in [0.05, 0.1) is 18.7 Å². The van der Waals surface area contributed by atoms with Gasteiger partial charge in [-0.1, -0.05) is 0 Å². The van der Waals surface area contributed by atoms with Crippen LogP contribution in [0.2, 0.25) is 0 Å². The molecule has 1 saturated heterocycles. The van der Waals surface area contributed by atoms with Crippen molar-refractivity contribution in [2.45, 2.75) is 25.0 Å². The van der Waals surface area contributed by atoms with Crippen LogP contribution in [0.15, 0.2) is 21.9 Å². The molecule has 0 aliphatic carbocycles. The summed E-state index contributed by atoms with van der Waals surface area (Å²) in [7, 11) is 1.70. The highest BCUT2D eigenvalue weighted by atomic mass is 16.3. The lowest BCUT2D eigenvalue weighted by Gasteiger charge is -2.22. The van der Waals surface area contributed by atoms with E-state index in [9.17, 15) is 19.5 Å². The van der Waals surface area contributed by atoms with E-state index in [1.165, 1.54) is 16.8 Å². The maximum atomic E-state index is 11.9. The van der Waals surface area contributed by atoms with Gasteiger partial charge >= 0.3 is 5.69 Å². The molecule has 0 unspecified atom stereocenters. The highest BCUT2D eigenvalue weighted by molar-refractivity contribution is 5.78. The van der Waals surface area contributed by atoms with Crippen LogP contribution >= 0.6 is 0 Å². The lowest BCUT2D eigenvalue weighted by atomic mass is 10.1. The normalized spacial score (nSPS) is 22.9. The Hall–Kier alpha value is -1.93. The van der Waals surface area contributed by atoms with Crippen molar-refractivity contribution >= 4 is 5.91 Å². The Morgan fingerprint density at radius 3 is 2.81 bits per heavy atom. The van der Waals surface area contributed by atoms with E-state index in [-0.39, 0.29) is 12.5 Å². The fraction of sp³-hybridized carbons (Fsp3) is 0.615. The van der Waals surface area contributed by atoms with Gasteiger partial charge in [-0.05, 0) is 19.9 Å². The summed E-state index contributed by atoms with van der Waals surface area (Å²) in [6.45, 7) is 1.17. The number of carbonyl (C=O) groups is 1. The van der Waals surface area contributed by atoms with E-state index in [0.717, 1.165) is 0 Å². The molecule has 3 N–H and O–H groups in total. The summed E-state index contributed by atoms with van der Waals surface area (Å²) >= 11 is 0. The van der Waals surface area contributed by atoms with Crippen LogP contribution in [0.3, 0.4) is 0 Å². The van der Waals surface area contributed by atoms with Crippen molar-refractivity contribution in [3.8, 4) is 0 Å². The number of aromatic nitrogens is 2. The van der Waals surface area contributed by atoms with E-state index in [0.29, 0.717) is 25.9 Å². The molecule has 2 rings (SSSR count). The third-order valence-electron chi connectivity index (χ3n) is 3.72. The van der Waals surface area contributed by atoms with Gasteiger partial charge in [0.15, 0.2) is 0 Å². The molecule has 1 fully saturated rings. The monoisotopic (exact) mass is 296 g/mol. The van der Waals surface area contributed by atoms with Gasteiger partial charge in [0.2, 0.25) is 5.91 Å². The number of aliphatic hydroxyl groups excluding tert-OH is 1. The number of rotatable bonds is 3. The molecule has 21 heavy (non-hydrogen) atoms. The Labute approximate surface area is 121 Å². The SMILES string of the molecule is CNCC(=O)N1CC[C@H](O)[C@@H](n2ccc(=O)[nH]c2=O)CC1. The Morgan fingerprint density at radius 1 is 1.43 bits per heavy atom. The summed E-state index contributed by atoms with van der Waals surface area (Å²) in [6.07, 6.45) is 1.51. The first kappa shape index (κ1) is 15.5. The predicted molar refractivity (Wildman–Crippen MR) is 76.1 cm³/mol. The van der Waals surface area contributed by atoms with Gasteiger partial charge in [-0.25, -0.2) is 4.79 Å². The van der Waals surface area contributed by atoms with Crippen LogP contribution in [-0.4, -0.2) is 58.3 Å². The molecule has 1 aliphatic heterocycles. The highest BCUT2D eigenvalue weighted by Crippen LogP contribution is 2.21. The Bertz CT molecular complexity index is 609. The second-order valence-corrected chi connectivity index (χ2v) is 5.14. The fourth-order valence-electron chi connectivity index (χ4n) is 2.60. The van der Waals surface area contributed by atoms with Crippen molar-refractivity contribution in [1.29, 1.82) is 0 Å². The van der Waals surface area contributed by atoms with Crippen molar-refractivity contribution in [1.82, 2.24) is 19.8 Å². The minimum Gasteiger partial charge on any atom is -0.391 e. The predicted octanol–water partition coefficient (Wildman–Crippen LogP) is -1.72. The van der Waals surface area contributed by atoms with Crippen LogP contribution in [0.1, 0.15) is 18.9 Å². The maximum Gasteiger partial charge on any atom is 0.328 e. The molecule has 0 bridgehead atoms. The van der Waals surface area contributed by atoms with E-state index in [1.807, 2.05) is 0 Å². The second kappa shape index (κ2) is 6.68. The van der Waals surface area contributed by atoms with Crippen molar-refractivity contribution in [3.05, 3.63) is 33.1 Å². The van der Waals surface area contributed by atoms with Gasteiger partial charge in [-0.2, -0.15) is 0 Å². The molecule has 1 aromatic heterocycles.